The monoisotopic (exact) mass is 243 g/mol. The van der Waals surface area contributed by atoms with Crippen molar-refractivity contribution >= 4 is 0 Å². The Balaban J connectivity index is 2.36. The minimum absolute atomic E-state index is 0.344. The first kappa shape index (κ1) is 10.8. The molecule has 0 fully saturated rings. The maximum Gasteiger partial charge on any atom is 0.216 e. The highest BCUT2D eigenvalue weighted by atomic mass is 19.1. The van der Waals surface area contributed by atoms with Gasteiger partial charge in [0.2, 0.25) is 5.69 Å². The number of pyridine rings is 1. The Kier molecular flexibility index (Phi) is 2.17. The lowest BCUT2D eigenvalue weighted by Gasteiger charge is -2.01. The van der Waals surface area contributed by atoms with Gasteiger partial charge in [-0.05, 0) is 18.6 Å². The predicted octanol–water partition coefficient (Wildman–Crippen LogP) is 2.46. The van der Waals surface area contributed by atoms with E-state index >= 15 is 0 Å². The molecule has 4 heteroatoms. The van der Waals surface area contributed by atoms with Crippen LogP contribution >= 0.6 is 0 Å². The fourth-order valence-electron chi connectivity index (χ4n) is 2.34. The van der Waals surface area contributed by atoms with Crippen LogP contribution in [-0.2, 0) is 6.54 Å². The fraction of sp³-hybridized carbons (Fsp3) is 0.143. The lowest BCUT2D eigenvalue weighted by molar-refractivity contribution is -0.672. The van der Waals surface area contributed by atoms with Crippen molar-refractivity contribution in [2.24, 2.45) is 0 Å². The van der Waals surface area contributed by atoms with Crippen molar-refractivity contribution in [2.45, 2.75) is 13.5 Å². The van der Waals surface area contributed by atoms with Gasteiger partial charge in [0.05, 0.1) is 5.56 Å². The second-order valence-corrected chi connectivity index (χ2v) is 4.41. The van der Waals surface area contributed by atoms with Crippen LogP contribution in [0.25, 0.3) is 11.3 Å². The number of nitriles is 1. The van der Waals surface area contributed by atoms with Gasteiger partial charge in [-0.2, -0.15) is 9.83 Å². The summed E-state index contributed by atoms with van der Waals surface area (Å²) < 4.78 is 29.6. The molecule has 2 aromatic rings. The molecule has 0 unspecified atom stereocenters. The van der Waals surface area contributed by atoms with Crippen LogP contribution in [0.4, 0.5) is 8.78 Å². The van der Waals surface area contributed by atoms with Gasteiger partial charge in [0, 0.05) is 17.7 Å². The zero-order chi connectivity index (χ0) is 12.9. The van der Waals surface area contributed by atoms with Crippen LogP contribution in [0.15, 0.2) is 24.4 Å². The van der Waals surface area contributed by atoms with Gasteiger partial charge in [-0.25, -0.2) is 8.78 Å². The number of fused-ring (bicyclic) bond motifs is 3. The molecule has 0 radical (unpaired) electrons. The molecule has 1 aliphatic heterocycles. The fourth-order valence-corrected chi connectivity index (χ4v) is 2.34. The van der Waals surface area contributed by atoms with E-state index in [1.165, 1.54) is 6.07 Å². The van der Waals surface area contributed by atoms with E-state index in [2.05, 4.69) is 0 Å². The summed E-state index contributed by atoms with van der Waals surface area (Å²) in [7, 11) is 0. The zero-order valence-corrected chi connectivity index (χ0v) is 9.67. The molecule has 3 rings (SSSR count). The lowest BCUT2D eigenvalue weighted by Crippen LogP contribution is -2.31. The van der Waals surface area contributed by atoms with Crippen molar-refractivity contribution < 1.29 is 13.3 Å². The summed E-state index contributed by atoms with van der Waals surface area (Å²) >= 11 is 0. The van der Waals surface area contributed by atoms with Gasteiger partial charge < -0.3 is 0 Å². The van der Waals surface area contributed by atoms with Crippen LogP contribution in [0.3, 0.4) is 0 Å². The van der Waals surface area contributed by atoms with E-state index in [4.69, 9.17) is 5.26 Å². The van der Waals surface area contributed by atoms with E-state index in [0.717, 1.165) is 5.56 Å². The van der Waals surface area contributed by atoms with E-state index in [1.807, 2.05) is 29.8 Å². The van der Waals surface area contributed by atoms with Crippen LogP contribution in [0.5, 0.6) is 0 Å². The molecule has 1 aromatic carbocycles. The highest BCUT2D eigenvalue weighted by Crippen LogP contribution is 2.32. The van der Waals surface area contributed by atoms with Crippen LogP contribution in [0, 0.1) is 29.9 Å². The molecule has 1 aliphatic rings. The Hall–Kier alpha value is -2.28. The molecule has 0 N–H and O–H groups in total. The van der Waals surface area contributed by atoms with Crippen LogP contribution in [0.2, 0.25) is 0 Å². The average molecular weight is 243 g/mol. The Morgan fingerprint density at radius 3 is 2.83 bits per heavy atom. The Morgan fingerprint density at radius 2 is 2.11 bits per heavy atom. The standard InChI is InChI=1S/C14H9F2N2/c1-8-2-3-18-7-9-5-11(15)10(6-17)14(16)13(9)12(18)4-8/h2-5H,7H2,1H3/q+1. The highest BCUT2D eigenvalue weighted by molar-refractivity contribution is 5.67. The Labute approximate surface area is 103 Å². The maximum absolute atomic E-state index is 14.2. The predicted molar refractivity (Wildman–Crippen MR) is 60.5 cm³/mol. The van der Waals surface area contributed by atoms with Gasteiger partial charge in [0.25, 0.3) is 0 Å². The van der Waals surface area contributed by atoms with Crippen molar-refractivity contribution in [1.29, 1.82) is 5.26 Å². The number of rotatable bonds is 0. The third-order valence-corrected chi connectivity index (χ3v) is 3.20. The number of hydrogen-bond donors (Lipinski definition) is 0. The summed E-state index contributed by atoms with van der Waals surface area (Å²) in [6.07, 6.45) is 1.84. The number of aryl methyl sites for hydroxylation is 1. The van der Waals surface area contributed by atoms with E-state index in [9.17, 15) is 8.78 Å². The third kappa shape index (κ3) is 1.34. The minimum atomic E-state index is -0.793. The summed E-state index contributed by atoms with van der Waals surface area (Å²) in [4.78, 5) is 0. The maximum atomic E-state index is 14.2. The molecule has 1 aromatic heterocycles. The van der Waals surface area contributed by atoms with Gasteiger partial charge in [-0.15, -0.1) is 0 Å². The second-order valence-electron chi connectivity index (χ2n) is 4.41. The first-order valence-electron chi connectivity index (χ1n) is 5.53. The summed E-state index contributed by atoms with van der Waals surface area (Å²) in [6, 6.07) is 6.58. The van der Waals surface area contributed by atoms with Gasteiger partial charge in [-0.3, -0.25) is 0 Å². The van der Waals surface area contributed by atoms with Gasteiger partial charge in [0.1, 0.15) is 17.4 Å². The first-order chi connectivity index (χ1) is 8.61. The molecule has 2 heterocycles. The smallest absolute Gasteiger partial charge is 0.205 e. The normalized spacial score (nSPS) is 11.9. The molecule has 0 spiro atoms. The summed E-state index contributed by atoms with van der Waals surface area (Å²) in [5.41, 5.74) is 2.10. The van der Waals surface area contributed by atoms with Crippen molar-refractivity contribution in [1.82, 2.24) is 0 Å². The van der Waals surface area contributed by atoms with Gasteiger partial charge in [-0.1, -0.05) is 0 Å². The number of nitrogens with zero attached hydrogens (tertiary/aromatic N) is 2. The van der Waals surface area contributed by atoms with Crippen molar-refractivity contribution in [3.8, 4) is 17.3 Å². The zero-order valence-electron chi connectivity index (χ0n) is 9.67. The van der Waals surface area contributed by atoms with Crippen LogP contribution in [-0.4, -0.2) is 0 Å². The molecule has 0 saturated heterocycles. The van der Waals surface area contributed by atoms with E-state index in [0.29, 0.717) is 23.4 Å². The number of halogens is 2. The minimum Gasteiger partial charge on any atom is -0.205 e. The van der Waals surface area contributed by atoms with E-state index in [-0.39, 0.29) is 0 Å². The van der Waals surface area contributed by atoms with Crippen molar-refractivity contribution in [2.75, 3.05) is 0 Å². The number of benzene rings is 1. The van der Waals surface area contributed by atoms with Crippen LogP contribution < -0.4 is 4.57 Å². The van der Waals surface area contributed by atoms with E-state index in [1.54, 1.807) is 6.07 Å². The van der Waals surface area contributed by atoms with Gasteiger partial charge in [0.15, 0.2) is 18.6 Å². The third-order valence-electron chi connectivity index (χ3n) is 3.20. The second kappa shape index (κ2) is 3.61. The number of aromatic nitrogens is 1. The quantitative estimate of drug-likeness (QED) is 0.557. The molecule has 88 valence electrons. The molecule has 2 nitrogen and oxygen atoms in total. The lowest BCUT2D eigenvalue weighted by atomic mass is 10.0. The molecule has 0 bridgehead atoms. The van der Waals surface area contributed by atoms with Crippen LogP contribution in [0.1, 0.15) is 16.7 Å². The number of hydrogen-bond acceptors (Lipinski definition) is 1. The molecule has 0 atom stereocenters. The molecule has 18 heavy (non-hydrogen) atoms. The molecular weight excluding hydrogens is 234 g/mol. The Bertz CT molecular complexity index is 715. The average Bonchev–Trinajstić information content (AvgIpc) is 2.66. The highest BCUT2D eigenvalue weighted by Gasteiger charge is 2.32. The molecular formula is C14H9F2N2+. The van der Waals surface area contributed by atoms with Crippen molar-refractivity contribution in [3.63, 3.8) is 0 Å². The topological polar surface area (TPSA) is 27.7 Å². The largest absolute Gasteiger partial charge is 0.216 e. The first-order valence-corrected chi connectivity index (χ1v) is 5.53. The van der Waals surface area contributed by atoms with Gasteiger partial charge >= 0.3 is 0 Å². The van der Waals surface area contributed by atoms with E-state index < -0.39 is 17.2 Å². The Morgan fingerprint density at radius 1 is 1.33 bits per heavy atom. The summed E-state index contributed by atoms with van der Waals surface area (Å²) in [5.74, 6) is -1.55. The molecule has 0 saturated carbocycles. The molecule has 0 aliphatic carbocycles. The summed E-state index contributed by atoms with van der Waals surface area (Å²) in [5, 5.41) is 8.80. The summed E-state index contributed by atoms with van der Waals surface area (Å²) in [6.45, 7) is 2.34. The molecule has 0 amide bonds. The SMILES string of the molecule is Cc1cc[n+]2c(c1)-c1c(cc(F)c(C#N)c1F)C2. The van der Waals surface area contributed by atoms with Crippen molar-refractivity contribution in [3.05, 3.63) is 52.7 Å².